The van der Waals surface area contributed by atoms with Crippen LogP contribution in [0.25, 0.3) is 0 Å². The number of hydrogen-bond acceptors (Lipinski definition) is 4. The Labute approximate surface area is 126 Å². The minimum Gasteiger partial charge on any atom is -0.491 e. The summed E-state index contributed by atoms with van der Waals surface area (Å²) in [6.07, 6.45) is -3.95. The number of rotatable bonds is 4. The number of ether oxygens (including phenoxy) is 1. The van der Waals surface area contributed by atoms with Crippen molar-refractivity contribution >= 4 is 9.84 Å². The summed E-state index contributed by atoms with van der Waals surface area (Å²) in [6, 6.07) is 1.15. The lowest BCUT2D eigenvalue weighted by molar-refractivity contribution is -0.0978. The average Bonchev–Trinajstić information content (AvgIpc) is 2.66. The lowest BCUT2D eigenvalue weighted by Crippen LogP contribution is -2.26. The Hall–Kier alpha value is -1.49. The Morgan fingerprint density at radius 1 is 1.30 bits per heavy atom. The van der Waals surface area contributed by atoms with Crippen LogP contribution in [-0.2, 0) is 16.3 Å². The molecule has 11 heteroatoms. The van der Waals surface area contributed by atoms with Crippen molar-refractivity contribution in [1.82, 2.24) is 0 Å². The monoisotopic (exact) mass is 364 g/mol. The summed E-state index contributed by atoms with van der Waals surface area (Å²) < 4.78 is 105. The molecular formula is C12H10F6O4S. The quantitative estimate of drug-likeness (QED) is 0.834. The van der Waals surface area contributed by atoms with Crippen LogP contribution < -0.4 is 4.74 Å². The third-order valence-electron chi connectivity index (χ3n) is 3.29. The molecule has 0 saturated carbocycles. The molecule has 1 aromatic rings. The molecule has 1 atom stereocenters. The van der Waals surface area contributed by atoms with Gasteiger partial charge in [0.25, 0.3) is 15.8 Å². The summed E-state index contributed by atoms with van der Waals surface area (Å²) in [5.74, 6) is -4.26. The van der Waals surface area contributed by atoms with E-state index in [1.807, 2.05) is 0 Å². The molecule has 1 N–H and O–H groups in total. The molecule has 0 unspecified atom stereocenters. The average molecular weight is 364 g/mol. The third kappa shape index (κ3) is 2.87. The van der Waals surface area contributed by atoms with Crippen LogP contribution >= 0.6 is 0 Å². The first kappa shape index (κ1) is 17.9. The number of hydrogen-bond donors (Lipinski definition) is 1. The van der Waals surface area contributed by atoms with E-state index in [0.29, 0.717) is 6.07 Å². The summed E-state index contributed by atoms with van der Waals surface area (Å²) >= 11 is 0. The van der Waals surface area contributed by atoms with Gasteiger partial charge in [-0.2, -0.15) is 13.2 Å². The standard InChI is InChI=1S/C12H10F6O4S/c13-3-4-22-7-1-2-8(23(20,21)12(16,17)18)9-6(7)5-11(14,15)10(9)19/h1-2,10,19H,3-5H2/t10-/m0/s1. The highest BCUT2D eigenvalue weighted by Gasteiger charge is 2.55. The van der Waals surface area contributed by atoms with Crippen LogP contribution in [-0.4, -0.2) is 38.2 Å². The van der Waals surface area contributed by atoms with Crippen LogP contribution in [0, 0.1) is 0 Å². The fraction of sp³-hybridized carbons (Fsp3) is 0.500. The Kier molecular flexibility index (Phi) is 4.31. The predicted octanol–water partition coefficient (Wildman–Crippen LogP) is 2.55. The van der Waals surface area contributed by atoms with Crippen LogP contribution in [0.15, 0.2) is 17.0 Å². The molecule has 1 aliphatic rings. The van der Waals surface area contributed by atoms with Crippen molar-refractivity contribution in [3.05, 3.63) is 23.3 Å². The van der Waals surface area contributed by atoms with Crippen molar-refractivity contribution in [3.63, 3.8) is 0 Å². The summed E-state index contributed by atoms with van der Waals surface area (Å²) in [4.78, 5) is -1.46. The van der Waals surface area contributed by atoms with E-state index in [-0.39, 0.29) is 0 Å². The largest absolute Gasteiger partial charge is 0.501 e. The van der Waals surface area contributed by atoms with Crippen molar-refractivity contribution in [1.29, 1.82) is 0 Å². The Morgan fingerprint density at radius 2 is 1.91 bits per heavy atom. The number of aliphatic hydroxyl groups is 1. The van der Waals surface area contributed by atoms with E-state index in [9.17, 15) is 39.9 Å². The second-order valence-corrected chi connectivity index (χ2v) is 6.69. The van der Waals surface area contributed by atoms with E-state index in [2.05, 4.69) is 0 Å². The summed E-state index contributed by atoms with van der Waals surface area (Å²) in [7, 11) is -5.95. The first-order valence-electron chi connectivity index (χ1n) is 6.15. The Morgan fingerprint density at radius 3 is 2.43 bits per heavy atom. The van der Waals surface area contributed by atoms with Gasteiger partial charge in [-0.05, 0) is 12.1 Å². The van der Waals surface area contributed by atoms with Gasteiger partial charge in [0.2, 0.25) is 0 Å². The molecule has 0 spiro atoms. The molecule has 0 bridgehead atoms. The fourth-order valence-corrected chi connectivity index (χ4v) is 3.31. The highest BCUT2D eigenvalue weighted by Crippen LogP contribution is 2.50. The SMILES string of the molecule is O=S(=O)(c1ccc(OCCF)c2c1[C@H](O)C(F)(F)C2)C(F)(F)F. The van der Waals surface area contributed by atoms with Crippen LogP contribution in [0.4, 0.5) is 26.3 Å². The van der Waals surface area contributed by atoms with Crippen LogP contribution in [0.1, 0.15) is 17.2 Å². The molecule has 2 rings (SSSR count). The molecule has 130 valence electrons. The highest BCUT2D eigenvalue weighted by atomic mass is 32.2. The number of alkyl halides is 6. The van der Waals surface area contributed by atoms with Gasteiger partial charge >= 0.3 is 5.51 Å². The molecule has 4 nitrogen and oxygen atoms in total. The maximum Gasteiger partial charge on any atom is 0.501 e. The lowest BCUT2D eigenvalue weighted by Gasteiger charge is -2.17. The van der Waals surface area contributed by atoms with Crippen molar-refractivity contribution in [2.45, 2.75) is 28.9 Å². The minimum atomic E-state index is -5.95. The molecule has 1 aliphatic carbocycles. The molecule has 0 aliphatic heterocycles. The first-order valence-corrected chi connectivity index (χ1v) is 7.63. The molecule has 23 heavy (non-hydrogen) atoms. The smallest absolute Gasteiger partial charge is 0.491 e. The van der Waals surface area contributed by atoms with Crippen LogP contribution in [0.2, 0.25) is 0 Å². The zero-order chi connectivity index (χ0) is 17.6. The number of benzene rings is 1. The van der Waals surface area contributed by atoms with Gasteiger partial charge in [-0.15, -0.1) is 0 Å². The van der Waals surface area contributed by atoms with E-state index < -0.39 is 68.8 Å². The highest BCUT2D eigenvalue weighted by molar-refractivity contribution is 7.92. The van der Waals surface area contributed by atoms with Crippen molar-refractivity contribution in [2.24, 2.45) is 0 Å². The molecular weight excluding hydrogens is 354 g/mol. The normalized spacial score (nSPS) is 20.4. The van der Waals surface area contributed by atoms with Crippen molar-refractivity contribution in [3.8, 4) is 5.75 Å². The second kappa shape index (κ2) is 5.55. The third-order valence-corrected chi connectivity index (χ3v) is 4.83. The fourth-order valence-electron chi connectivity index (χ4n) is 2.29. The predicted molar refractivity (Wildman–Crippen MR) is 64.8 cm³/mol. The maximum absolute atomic E-state index is 13.6. The maximum atomic E-state index is 13.6. The number of aliphatic hydroxyl groups excluding tert-OH is 1. The van der Waals surface area contributed by atoms with Gasteiger partial charge in [0.1, 0.15) is 25.1 Å². The number of halogens is 6. The van der Waals surface area contributed by atoms with Gasteiger partial charge in [0.15, 0.2) is 0 Å². The van der Waals surface area contributed by atoms with E-state index in [0.717, 1.165) is 6.07 Å². The summed E-state index contributed by atoms with van der Waals surface area (Å²) in [6.45, 7) is -1.55. The molecule has 0 amide bonds. The van der Waals surface area contributed by atoms with E-state index in [4.69, 9.17) is 4.74 Å². The van der Waals surface area contributed by atoms with Gasteiger partial charge in [0, 0.05) is 17.5 Å². The molecule has 0 radical (unpaired) electrons. The topological polar surface area (TPSA) is 63.6 Å². The van der Waals surface area contributed by atoms with Crippen LogP contribution in [0.3, 0.4) is 0 Å². The Bertz CT molecular complexity index is 713. The van der Waals surface area contributed by atoms with Crippen molar-refractivity contribution < 1.29 is 44.6 Å². The lowest BCUT2D eigenvalue weighted by atomic mass is 10.1. The van der Waals surface area contributed by atoms with Gasteiger partial charge in [-0.3, -0.25) is 0 Å². The second-order valence-electron chi connectivity index (χ2n) is 4.78. The molecule has 0 fully saturated rings. The Balaban J connectivity index is 2.69. The zero-order valence-corrected chi connectivity index (χ0v) is 12.0. The van der Waals surface area contributed by atoms with Gasteiger partial charge in [-0.25, -0.2) is 21.6 Å². The zero-order valence-electron chi connectivity index (χ0n) is 11.2. The molecule has 0 saturated heterocycles. The van der Waals surface area contributed by atoms with E-state index >= 15 is 0 Å². The van der Waals surface area contributed by atoms with Crippen molar-refractivity contribution in [2.75, 3.05) is 13.3 Å². The van der Waals surface area contributed by atoms with Gasteiger partial charge in [0.05, 0.1) is 4.90 Å². The molecule has 1 aromatic carbocycles. The van der Waals surface area contributed by atoms with E-state index in [1.54, 1.807) is 0 Å². The number of fused-ring (bicyclic) bond motifs is 1. The molecule has 0 heterocycles. The van der Waals surface area contributed by atoms with E-state index in [1.165, 1.54) is 0 Å². The van der Waals surface area contributed by atoms with Gasteiger partial charge in [-0.1, -0.05) is 0 Å². The summed E-state index contributed by atoms with van der Waals surface area (Å²) in [5.41, 5.74) is -7.37. The summed E-state index contributed by atoms with van der Waals surface area (Å²) in [5, 5.41) is 9.56. The van der Waals surface area contributed by atoms with Gasteiger partial charge < -0.3 is 9.84 Å². The minimum absolute atomic E-state index is 0.394. The molecule has 0 aromatic heterocycles. The first-order chi connectivity index (χ1) is 10.4. The van der Waals surface area contributed by atoms with Crippen LogP contribution in [0.5, 0.6) is 5.75 Å². The number of sulfone groups is 1.